The third-order valence-electron chi connectivity index (χ3n) is 3.39. The zero-order valence-corrected chi connectivity index (χ0v) is 10.1. The molecule has 2 N–H and O–H groups in total. The summed E-state index contributed by atoms with van der Waals surface area (Å²) >= 11 is 0. The van der Waals surface area contributed by atoms with Crippen LogP contribution in [-0.2, 0) is 4.74 Å². The minimum atomic E-state index is -0.305. The SMILES string of the molecule is CCOC1CC(CC(N)c2ccncc2F)C1. The van der Waals surface area contributed by atoms with Crippen molar-refractivity contribution in [2.24, 2.45) is 11.7 Å². The van der Waals surface area contributed by atoms with Crippen molar-refractivity contribution in [2.45, 2.75) is 38.3 Å². The molecule has 1 atom stereocenters. The van der Waals surface area contributed by atoms with Gasteiger partial charge in [0.15, 0.2) is 0 Å². The Morgan fingerprint density at radius 3 is 3.00 bits per heavy atom. The van der Waals surface area contributed by atoms with Crippen LogP contribution in [0, 0.1) is 11.7 Å². The van der Waals surface area contributed by atoms with Crippen molar-refractivity contribution in [3.8, 4) is 0 Å². The molecule has 17 heavy (non-hydrogen) atoms. The third-order valence-corrected chi connectivity index (χ3v) is 3.39. The molecule has 1 saturated carbocycles. The molecule has 0 spiro atoms. The van der Waals surface area contributed by atoms with Crippen molar-refractivity contribution in [3.05, 3.63) is 29.8 Å². The quantitative estimate of drug-likeness (QED) is 0.857. The summed E-state index contributed by atoms with van der Waals surface area (Å²) < 4.78 is 18.9. The second-order valence-corrected chi connectivity index (χ2v) is 4.65. The lowest BCUT2D eigenvalue weighted by molar-refractivity contribution is -0.0282. The van der Waals surface area contributed by atoms with Gasteiger partial charge in [-0.1, -0.05) is 0 Å². The van der Waals surface area contributed by atoms with Gasteiger partial charge in [-0.15, -0.1) is 0 Å². The van der Waals surface area contributed by atoms with E-state index in [1.54, 1.807) is 12.3 Å². The maximum atomic E-state index is 13.4. The van der Waals surface area contributed by atoms with Crippen molar-refractivity contribution in [1.29, 1.82) is 0 Å². The van der Waals surface area contributed by atoms with Crippen LogP contribution in [0.15, 0.2) is 18.5 Å². The largest absolute Gasteiger partial charge is 0.378 e. The molecule has 1 unspecified atom stereocenters. The van der Waals surface area contributed by atoms with Crippen molar-refractivity contribution >= 4 is 0 Å². The highest BCUT2D eigenvalue weighted by Gasteiger charge is 2.31. The second kappa shape index (κ2) is 5.56. The number of nitrogens with zero attached hydrogens (tertiary/aromatic N) is 1. The molecule has 0 radical (unpaired) electrons. The molecule has 1 aromatic heterocycles. The van der Waals surface area contributed by atoms with Crippen molar-refractivity contribution < 1.29 is 9.13 Å². The Labute approximate surface area is 101 Å². The topological polar surface area (TPSA) is 48.1 Å². The summed E-state index contributed by atoms with van der Waals surface area (Å²) in [5.41, 5.74) is 6.59. The average molecular weight is 238 g/mol. The summed E-state index contributed by atoms with van der Waals surface area (Å²) in [6.07, 6.45) is 6.12. The van der Waals surface area contributed by atoms with Gasteiger partial charge in [0.1, 0.15) is 5.82 Å². The van der Waals surface area contributed by atoms with E-state index in [4.69, 9.17) is 10.5 Å². The van der Waals surface area contributed by atoms with Crippen LogP contribution in [-0.4, -0.2) is 17.7 Å². The van der Waals surface area contributed by atoms with E-state index in [1.807, 2.05) is 6.92 Å². The first-order chi connectivity index (χ1) is 8.20. The monoisotopic (exact) mass is 238 g/mol. The molecule has 3 nitrogen and oxygen atoms in total. The second-order valence-electron chi connectivity index (χ2n) is 4.65. The Morgan fingerprint density at radius 1 is 1.59 bits per heavy atom. The number of pyridine rings is 1. The molecule has 1 heterocycles. The summed E-state index contributed by atoms with van der Waals surface area (Å²) in [6.45, 7) is 2.77. The van der Waals surface area contributed by atoms with E-state index in [1.165, 1.54) is 6.20 Å². The van der Waals surface area contributed by atoms with E-state index >= 15 is 0 Å². The summed E-state index contributed by atoms with van der Waals surface area (Å²) in [4.78, 5) is 3.73. The van der Waals surface area contributed by atoms with Crippen molar-refractivity contribution in [3.63, 3.8) is 0 Å². The molecule has 0 amide bonds. The first-order valence-corrected chi connectivity index (χ1v) is 6.17. The van der Waals surface area contributed by atoms with Crippen molar-refractivity contribution in [1.82, 2.24) is 4.98 Å². The summed E-state index contributed by atoms with van der Waals surface area (Å²) in [6, 6.07) is 1.43. The number of nitrogens with two attached hydrogens (primary N) is 1. The highest BCUT2D eigenvalue weighted by Crippen LogP contribution is 2.36. The van der Waals surface area contributed by atoms with E-state index in [9.17, 15) is 4.39 Å². The lowest BCUT2D eigenvalue weighted by Crippen LogP contribution is -2.33. The van der Waals surface area contributed by atoms with Crippen LogP contribution in [0.2, 0.25) is 0 Å². The molecule has 4 heteroatoms. The lowest BCUT2D eigenvalue weighted by Gasteiger charge is -2.36. The molecule has 1 fully saturated rings. The smallest absolute Gasteiger partial charge is 0.146 e. The Balaban J connectivity index is 1.83. The summed E-state index contributed by atoms with van der Waals surface area (Å²) in [7, 11) is 0. The van der Waals surface area contributed by atoms with Crippen LogP contribution in [0.5, 0.6) is 0 Å². The standard InChI is InChI=1S/C13H19FN2O/c1-2-17-10-5-9(6-10)7-13(15)11-3-4-16-8-12(11)14/h3-4,8-10,13H,2,5-7,15H2,1H3. The average Bonchev–Trinajstić information content (AvgIpc) is 2.26. The van der Waals surface area contributed by atoms with E-state index in [0.717, 1.165) is 25.9 Å². The van der Waals surface area contributed by atoms with Crippen LogP contribution in [0.4, 0.5) is 4.39 Å². The third kappa shape index (κ3) is 3.01. The molecule has 0 saturated heterocycles. The van der Waals surface area contributed by atoms with Gasteiger partial charge in [-0.2, -0.15) is 0 Å². The Kier molecular flexibility index (Phi) is 4.07. The van der Waals surface area contributed by atoms with Crippen LogP contribution >= 0.6 is 0 Å². The molecule has 0 bridgehead atoms. The van der Waals surface area contributed by atoms with Gasteiger partial charge in [0.25, 0.3) is 0 Å². The van der Waals surface area contributed by atoms with Crippen LogP contribution < -0.4 is 5.73 Å². The van der Waals surface area contributed by atoms with Gasteiger partial charge in [-0.25, -0.2) is 4.39 Å². The molecule has 2 rings (SSSR count). The molecule has 1 aromatic rings. The fraction of sp³-hybridized carbons (Fsp3) is 0.615. The number of ether oxygens (including phenoxy) is 1. The first kappa shape index (κ1) is 12.5. The predicted molar refractivity (Wildman–Crippen MR) is 63.9 cm³/mol. The van der Waals surface area contributed by atoms with E-state index in [-0.39, 0.29) is 11.9 Å². The maximum Gasteiger partial charge on any atom is 0.146 e. The van der Waals surface area contributed by atoms with Crippen LogP contribution in [0.1, 0.15) is 37.8 Å². The number of hydrogen-bond donors (Lipinski definition) is 1. The number of halogens is 1. The fourth-order valence-electron chi connectivity index (χ4n) is 2.41. The Hall–Kier alpha value is -1.00. The highest BCUT2D eigenvalue weighted by atomic mass is 19.1. The maximum absolute atomic E-state index is 13.4. The molecular formula is C13H19FN2O. The number of hydrogen-bond acceptors (Lipinski definition) is 3. The van der Waals surface area contributed by atoms with Crippen molar-refractivity contribution in [2.75, 3.05) is 6.61 Å². The lowest BCUT2D eigenvalue weighted by atomic mass is 9.77. The fourth-order valence-corrected chi connectivity index (χ4v) is 2.41. The van der Waals surface area contributed by atoms with E-state index in [2.05, 4.69) is 4.98 Å². The summed E-state index contributed by atoms with van der Waals surface area (Å²) in [5, 5.41) is 0. The van der Waals surface area contributed by atoms with Gasteiger partial charge in [0.2, 0.25) is 0 Å². The van der Waals surface area contributed by atoms with Crippen LogP contribution in [0.25, 0.3) is 0 Å². The highest BCUT2D eigenvalue weighted by molar-refractivity contribution is 5.17. The van der Waals surface area contributed by atoms with Gasteiger partial charge in [0, 0.05) is 24.4 Å². The first-order valence-electron chi connectivity index (χ1n) is 6.17. The number of aromatic nitrogens is 1. The minimum absolute atomic E-state index is 0.231. The van der Waals surface area contributed by atoms with Gasteiger partial charge < -0.3 is 10.5 Å². The zero-order chi connectivity index (χ0) is 12.3. The zero-order valence-electron chi connectivity index (χ0n) is 10.1. The molecule has 1 aliphatic rings. The Morgan fingerprint density at radius 2 is 2.35 bits per heavy atom. The molecule has 1 aliphatic carbocycles. The van der Waals surface area contributed by atoms with Gasteiger partial charge >= 0.3 is 0 Å². The predicted octanol–water partition coefficient (Wildman–Crippen LogP) is 2.43. The van der Waals surface area contributed by atoms with E-state index in [0.29, 0.717) is 17.6 Å². The van der Waals surface area contributed by atoms with Gasteiger partial charge in [0.05, 0.1) is 12.3 Å². The Bertz CT molecular complexity index is 366. The number of rotatable bonds is 5. The minimum Gasteiger partial charge on any atom is -0.378 e. The van der Waals surface area contributed by atoms with E-state index < -0.39 is 0 Å². The van der Waals surface area contributed by atoms with Gasteiger partial charge in [-0.3, -0.25) is 4.98 Å². The molecule has 94 valence electrons. The normalized spacial score (nSPS) is 25.4. The molecule has 0 aliphatic heterocycles. The van der Waals surface area contributed by atoms with Crippen LogP contribution in [0.3, 0.4) is 0 Å². The molecular weight excluding hydrogens is 219 g/mol. The summed E-state index contributed by atoms with van der Waals surface area (Å²) in [5.74, 6) is 0.259. The molecule has 0 aromatic carbocycles. The van der Waals surface area contributed by atoms with Gasteiger partial charge in [-0.05, 0) is 38.2 Å².